The molecule has 0 aliphatic carbocycles. The number of nitrogens with two attached hydrogens (primary N) is 1. The Kier molecular flexibility index (Phi) is 19.6. The minimum Gasteiger partial charge on any atom is -0.450 e. The standard InChI is InChI=1S/C20H41NO3/c21-20(23)24-19-17-15-13-11-9-7-5-3-1-2-4-6-8-10-12-14-16-18-22/h22H,1-19H2,(H2,21,23). The Morgan fingerprint density at radius 1 is 0.583 bits per heavy atom. The normalized spacial score (nSPS) is 10.9. The second kappa shape index (κ2) is 20.3. The summed E-state index contributed by atoms with van der Waals surface area (Å²) in [6, 6.07) is 0. The Bertz CT molecular complexity index is 259. The number of amides is 1. The van der Waals surface area contributed by atoms with Gasteiger partial charge in [0.1, 0.15) is 0 Å². The fraction of sp³-hybridized carbons (Fsp3) is 0.950. The van der Waals surface area contributed by atoms with Gasteiger partial charge in [-0.2, -0.15) is 0 Å². The third-order valence-electron chi connectivity index (χ3n) is 4.55. The molecule has 1 amide bonds. The predicted octanol–water partition coefficient (Wildman–Crippen LogP) is 5.71. The van der Waals surface area contributed by atoms with Crippen molar-refractivity contribution >= 4 is 6.09 Å². The molecule has 3 N–H and O–H groups in total. The summed E-state index contributed by atoms with van der Waals surface area (Å²) in [5.74, 6) is 0. The van der Waals surface area contributed by atoms with Crippen LogP contribution in [0.15, 0.2) is 0 Å². The molecule has 0 saturated heterocycles. The van der Waals surface area contributed by atoms with E-state index in [9.17, 15) is 4.79 Å². The van der Waals surface area contributed by atoms with Crippen LogP contribution >= 0.6 is 0 Å². The van der Waals surface area contributed by atoms with Gasteiger partial charge in [0.15, 0.2) is 0 Å². The first-order valence-corrected chi connectivity index (χ1v) is 10.3. The largest absolute Gasteiger partial charge is 0.450 e. The number of primary amides is 1. The van der Waals surface area contributed by atoms with Crippen LogP contribution in [0.3, 0.4) is 0 Å². The van der Waals surface area contributed by atoms with Crippen molar-refractivity contribution in [2.75, 3.05) is 13.2 Å². The highest BCUT2D eigenvalue weighted by Crippen LogP contribution is 2.14. The molecule has 0 bridgehead atoms. The van der Waals surface area contributed by atoms with Crippen molar-refractivity contribution in [3.05, 3.63) is 0 Å². The minimum absolute atomic E-state index is 0.353. The molecule has 24 heavy (non-hydrogen) atoms. The van der Waals surface area contributed by atoms with Crippen LogP contribution in [-0.4, -0.2) is 24.4 Å². The Morgan fingerprint density at radius 3 is 1.17 bits per heavy atom. The minimum atomic E-state index is -0.659. The first-order chi connectivity index (χ1) is 11.8. The van der Waals surface area contributed by atoms with Crippen molar-refractivity contribution in [2.24, 2.45) is 5.73 Å². The molecule has 4 nitrogen and oxygen atoms in total. The van der Waals surface area contributed by atoms with Crippen LogP contribution < -0.4 is 5.73 Å². The Morgan fingerprint density at radius 2 is 0.875 bits per heavy atom. The SMILES string of the molecule is NC(=O)OCCCCCCCCCCCCCCCCCCCO. The van der Waals surface area contributed by atoms with Gasteiger partial charge in [-0.25, -0.2) is 4.79 Å². The zero-order chi connectivity index (χ0) is 17.7. The van der Waals surface area contributed by atoms with E-state index >= 15 is 0 Å². The van der Waals surface area contributed by atoms with E-state index in [1.807, 2.05) is 0 Å². The molecule has 0 heterocycles. The highest BCUT2D eigenvalue weighted by atomic mass is 16.5. The van der Waals surface area contributed by atoms with Gasteiger partial charge in [-0.15, -0.1) is 0 Å². The highest BCUT2D eigenvalue weighted by molar-refractivity contribution is 5.64. The summed E-state index contributed by atoms with van der Waals surface area (Å²) in [5.41, 5.74) is 4.90. The van der Waals surface area contributed by atoms with Gasteiger partial charge in [-0.3, -0.25) is 0 Å². The molecule has 4 heteroatoms. The average Bonchev–Trinajstić information content (AvgIpc) is 2.56. The second-order valence-corrected chi connectivity index (χ2v) is 6.90. The highest BCUT2D eigenvalue weighted by Gasteiger charge is 1.96. The number of ether oxygens (including phenoxy) is 1. The quantitative estimate of drug-likeness (QED) is 0.295. The molecule has 0 spiro atoms. The van der Waals surface area contributed by atoms with Crippen molar-refractivity contribution in [3.63, 3.8) is 0 Å². The summed E-state index contributed by atoms with van der Waals surface area (Å²) in [6.45, 7) is 0.823. The lowest BCUT2D eigenvalue weighted by Crippen LogP contribution is -2.13. The third kappa shape index (κ3) is 21.2. The van der Waals surface area contributed by atoms with E-state index < -0.39 is 6.09 Å². The molecule has 0 radical (unpaired) electrons. The number of aliphatic hydroxyl groups is 1. The van der Waals surface area contributed by atoms with E-state index in [1.165, 1.54) is 89.9 Å². The maximum Gasteiger partial charge on any atom is 0.404 e. The van der Waals surface area contributed by atoms with E-state index in [0.717, 1.165) is 19.3 Å². The Hall–Kier alpha value is -0.770. The predicted molar refractivity (Wildman–Crippen MR) is 101 cm³/mol. The molecule has 0 aromatic heterocycles. The van der Waals surface area contributed by atoms with E-state index in [-0.39, 0.29) is 0 Å². The number of rotatable bonds is 19. The summed E-state index contributed by atoms with van der Waals surface area (Å²) >= 11 is 0. The van der Waals surface area contributed by atoms with Gasteiger partial charge in [0.25, 0.3) is 0 Å². The van der Waals surface area contributed by atoms with Crippen LogP contribution in [0.1, 0.15) is 109 Å². The summed E-state index contributed by atoms with van der Waals surface area (Å²) in [4.78, 5) is 10.4. The lowest BCUT2D eigenvalue weighted by molar-refractivity contribution is 0.154. The molecule has 144 valence electrons. The molecule has 0 rings (SSSR count). The molecule has 0 aromatic carbocycles. The Balaban J connectivity index is 2.97. The molecule has 0 atom stereocenters. The van der Waals surface area contributed by atoms with Gasteiger partial charge >= 0.3 is 6.09 Å². The van der Waals surface area contributed by atoms with Gasteiger partial charge in [0, 0.05) is 6.61 Å². The van der Waals surface area contributed by atoms with Crippen LogP contribution in [0.4, 0.5) is 4.79 Å². The fourth-order valence-electron chi connectivity index (χ4n) is 3.04. The molecule has 0 unspecified atom stereocenters. The van der Waals surface area contributed by atoms with Crippen molar-refractivity contribution < 1.29 is 14.6 Å². The maximum absolute atomic E-state index is 10.4. The third-order valence-corrected chi connectivity index (χ3v) is 4.55. The zero-order valence-corrected chi connectivity index (χ0v) is 15.8. The maximum atomic E-state index is 10.4. The summed E-state index contributed by atoms with van der Waals surface area (Å²) in [6.07, 6.45) is 21.2. The monoisotopic (exact) mass is 343 g/mol. The van der Waals surface area contributed by atoms with Gasteiger partial charge in [0.2, 0.25) is 0 Å². The van der Waals surface area contributed by atoms with Gasteiger partial charge < -0.3 is 15.6 Å². The van der Waals surface area contributed by atoms with Crippen molar-refractivity contribution in [2.45, 2.75) is 109 Å². The number of unbranched alkanes of at least 4 members (excludes halogenated alkanes) is 16. The number of aliphatic hydroxyl groups excluding tert-OH is 1. The van der Waals surface area contributed by atoms with Crippen LogP contribution in [0.5, 0.6) is 0 Å². The van der Waals surface area contributed by atoms with E-state index in [1.54, 1.807) is 0 Å². The van der Waals surface area contributed by atoms with Gasteiger partial charge in [0.05, 0.1) is 6.61 Å². The number of carbonyl (C=O) groups is 1. The molecular formula is C20H41NO3. The summed E-state index contributed by atoms with van der Waals surface area (Å²) < 4.78 is 4.70. The van der Waals surface area contributed by atoms with Gasteiger partial charge in [-0.05, 0) is 12.8 Å². The first-order valence-electron chi connectivity index (χ1n) is 10.3. The van der Waals surface area contributed by atoms with E-state index in [0.29, 0.717) is 13.2 Å². The van der Waals surface area contributed by atoms with Crippen molar-refractivity contribution in [3.8, 4) is 0 Å². The first kappa shape index (κ1) is 23.2. The Labute approximate surface area is 149 Å². The van der Waals surface area contributed by atoms with E-state index in [2.05, 4.69) is 0 Å². The van der Waals surface area contributed by atoms with Crippen molar-refractivity contribution in [1.82, 2.24) is 0 Å². The lowest BCUT2D eigenvalue weighted by atomic mass is 10.0. The van der Waals surface area contributed by atoms with Crippen LogP contribution in [0, 0.1) is 0 Å². The van der Waals surface area contributed by atoms with Crippen LogP contribution in [-0.2, 0) is 4.74 Å². The van der Waals surface area contributed by atoms with E-state index in [4.69, 9.17) is 15.6 Å². The van der Waals surface area contributed by atoms with Gasteiger partial charge in [-0.1, -0.05) is 96.3 Å². The summed E-state index contributed by atoms with van der Waals surface area (Å²) in [5, 5.41) is 8.70. The molecule has 0 fully saturated rings. The molecule has 0 aliphatic rings. The number of carbonyl (C=O) groups excluding carboxylic acids is 1. The molecule has 0 aromatic rings. The smallest absolute Gasteiger partial charge is 0.404 e. The lowest BCUT2D eigenvalue weighted by Gasteiger charge is -2.04. The fourth-order valence-corrected chi connectivity index (χ4v) is 3.04. The number of hydrogen-bond donors (Lipinski definition) is 2. The van der Waals surface area contributed by atoms with Crippen LogP contribution in [0.25, 0.3) is 0 Å². The molecule has 0 saturated carbocycles. The molecular weight excluding hydrogens is 302 g/mol. The number of hydrogen-bond acceptors (Lipinski definition) is 3. The zero-order valence-electron chi connectivity index (χ0n) is 15.8. The topological polar surface area (TPSA) is 72.6 Å². The van der Waals surface area contributed by atoms with Crippen molar-refractivity contribution in [1.29, 1.82) is 0 Å². The second-order valence-electron chi connectivity index (χ2n) is 6.90. The van der Waals surface area contributed by atoms with Crippen LogP contribution in [0.2, 0.25) is 0 Å². The summed E-state index contributed by atoms with van der Waals surface area (Å²) in [7, 11) is 0. The average molecular weight is 344 g/mol. The molecule has 0 aliphatic heterocycles.